The van der Waals surface area contributed by atoms with Crippen LogP contribution in [0.4, 0.5) is 5.82 Å². The molecule has 0 aliphatic heterocycles. The van der Waals surface area contributed by atoms with Gasteiger partial charge < -0.3 is 5.32 Å². The summed E-state index contributed by atoms with van der Waals surface area (Å²) < 4.78 is 0. The van der Waals surface area contributed by atoms with Gasteiger partial charge in [-0.3, -0.25) is 9.97 Å². The van der Waals surface area contributed by atoms with Gasteiger partial charge in [0.2, 0.25) is 0 Å². The molecule has 1 N–H and O–H groups in total. The Bertz CT molecular complexity index is 602. The molecule has 0 bridgehead atoms. The van der Waals surface area contributed by atoms with Gasteiger partial charge in [-0.15, -0.1) is 0 Å². The molecule has 2 aromatic heterocycles. The molecule has 0 spiro atoms. The molecule has 0 radical (unpaired) electrons. The normalized spacial score (nSPS) is 10.0. The minimum atomic E-state index is 0.561. The molecule has 0 unspecified atom stereocenters. The number of nitrogens with zero attached hydrogens (tertiary/aromatic N) is 4. The number of rotatable bonds is 3. The predicted octanol–water partition coefficient (Wildman–Crippen LogP) is 2.28. The molecule has 0 saturated heterocycles. The maximum atomic E-state index is 9.00. The van der Waals surface area contributed by atoms with Gasteiger partial charge in [0.1, 0.15) is 11.9 Å². The average Bonchev–Trinajstić information content (AvgIpc) is 2.38. The Kier molecular flexibility index (Phi) is 3.71. The van der Waals surface area contributed by atoms with Crippen LogP contribution < -0.4 is 5.32 Å². The Balaban J connectivity index is 2.12. The first-order valence-corrected chi connectivity index (χ1v) is 6.00. The fraction of sp³-hybridized carbons (Fsp3) is 0.286. The maximum Gasteiger partial charge on any atom is 0.126 e. The zero-order chi connectivity index (χ0) is 13.8. The third kappa shape index (κ3) is 3.05. The van der Waals surface area contributed by atoms with Crippen LogP contribution in [0.15, 0.2) is 18.5 Å². The van der Waals surface area contributed by atoms with E-state index in [4.69, 9.17) is 5.26 Å². The molecule has 0 fully saturated rings. The van der Waals surface area contributed by atoms with Crippen molar-refractivity contribution < 1.29 is 0 Å². The van der Waals surface area contributed by atoms with Crippen molar-refractivity contribution >= 4 is 5.82 Å². The van der Waals surface area contributed by atoms with E-state index in [1.54, 1.807) is 12.4 Å². The molecular formula is C14H15N5. The Labute approximate surface area is 112 Å². The van der Waals surface area contributed by atoms with E-state index in [0.717, 1.165) is 28.5 Å². The number of aryl methyl sites for hydroxylation is 3. The van der Waals surface area contributed by atoms with Crippen LogP contribution in [-0.4, -0.2) is 15.0 Å². The second-order valence-corrected chi connectivity index (χ2v) is 4.40. The van der Waals surface area contributed by atoms with Crippen molar-refractivity contribution in [3.63, 3.8) is 0 Å². The lowest BCUT2D eigenvalue weighted by molar-refractivity contribution is 0.972. The fourth-order valence-corrected chi connectivity index (χ4v) is 1.78. The van der Waals surface area contributed by atoms with Gasteiger partial charge in [-0.1, -0.05) is 0 Å². The van der Waals surface area contributed by atoms with Crippen LogP contribution in [0.5, 0.6) is 0 Å². The second kappa shape index (κ2) is 5.44. The van der Waals surface area contributed by atoms with Gasteiger partial charge >= 0.3 is 0 Å². The number of anilines is 1. The van der Waals surface area contributed by atoms with E-state index in [0.29, 0.717) is 12.1 Å². The van der Waals surface area contributed by atoms with E-state index < -0.39 is 0 Å². The largest absolute Gasteiger partial charge is 0.364 e. The van der Waals surface area contributed by atoms with Crippen molar-refractivity contribution in [2.45, 2.75) is 27.3 Å². The highest BCUT2D eigenvalue weighted by Crippen LogP contribution is 2.15. The van der Waals surface area contributed by atoms with E-state index >= 15 is 0 Å². The molecule has 5 heteroatoms. The highest BCUT2D eigenvalue weighted by Gasteiger charge is 2.06. The lowest BCUT2D eigenvalue weighted by Gasteiger charge is -2.08. The van der Waals surface area contributed by atoms with Gasteiger partial charge in [-0.25, -0.2) is 4.98 Å². The summed E-state index contributed by atoms with van der Waals surface area (Å²) in [6.07, 6.45) is 3.48. The second-order valence-electron chi connectivity index (χ2n) is 4.40. The van der Waals surface area contributed by atoms with Crippen LogP contribution >= 0.6 is 0 Å². The van der Waals surface area contributed by atoms with Crippen molar-refractivity contribution in [3.05, 3.63) is 46.7 Å². The molecule has 5 nitrogen and oxygen atoms in total. The number of aromatic nitrogens is 3. The maximum absolute atomic E-state index is 9.00. The summed E-state index contributed by atoms with van der Waals surface area (Å²) in [5.74, 6) is 0.747. The summed E-state index contributed by atoms with van der Waals surface area (Å²) in [7, 11) is 0. The summed E-state index contributed by atoms with van der Waals surface area (Å²) in [4.78, 5) is 12.8. The van der Waals surface area contributed by atoms with E-state index in [2.05, 4.69) is 26.3 Å². The van der Waals surface area contributed by atoms with Gasteiger partial charge in [-0.05, 0) is 32.4 Å². The smallest absolute Gasteiger partial charge is 0.126 e. The quantitative estimate of drug-likeness (QED) is 0.908. The predicted molar refractivity (Wildman–Crippen MR) is 72.5 cm³/mol. The monoisotopic (exact) mass is 253 g/mol. The van der Waals surface area contributed by atoms with Crippen LogP contribution in [0.25, 0.3) is 0 Å². The van der Waals surface area contributed by atoms with Crippen LogP contribution in [0, 0.1) is 32.1 Å². The lowest BCUT2D eigenvalue weighted by atomic mass is 10.1. The Morgan fingerprint density at radius 1 is 1.21 bits per heavy atom. The molecule has 0 aliphatic carbocycles. The van der Waals surface area contributed by atoms with Gasteiger partial charge in [0.15, 0.2) is 0 Å². The third-order valence-electron chi connectivity index (χ3n) is 2.79. The minimum Gasteiger partial charge on any atom is -0.364 e. The first-order valence-electron chi connectivity index (χ1n) is 6.00. The summed E-state index contributed by atoms with van der Waals surface area (Å²) >= 11 is 0. The van der Waals surface area contributed by atoms with E-state index in [1.807, 2.05) is 26.8 Å². The van der Waals surface area contributed by atoms with Crippen molar-refractivity contribution in [2.75, 3.05) is 5.32 Å². The molecule has 19 heavy (non-hydrogen) atoms. The van der Waals surface area contributed by atoms with Crippen LogP contribution in [-0.2, 0) is 6.54 Å². The molecule has 96 valence electrons. The van der Waals surface area contributed by atoms with E-state index in [1.165, 1.54) is 0 Å². The minimum absolute atomic E-state index is 0.561. The first-order chi connectivity index (χ1) is 9.10. The van der Waals surface area contributed by atoms with E-state index in [9.17, 15) is 0 Å². The number of nitrogens with one attached hydrogen (secondary N) is 1. The SMILES string of the molecule is Cc1cnc(CNc2cc(C)c(C#N)c(C)n2)cn1. The molecule has 0 amide bonds. The van der Waals surface area contributed by atoms with Crippen molar-refractivity contribution in [1.82, 2.24) is 15.0 Å². The van der Waals surface area contributed by atoms with Crippen molar-refractivity contribution in [3.8, 4) is 6.07 Å². The van der Waals surface area contributed by atoms with Crippen molar-refractivity contribution in [1.29, 1.82) is 5.26 Å². The highest BCUT2D eigenvalue weighted by molar-refractivity contribution is 5.48. The van der Waals surface area contributed by atoms with Gasteiger partial charge in [0, 0.05) is 6.20 Å². The average molecular weight is 253 g/mol. The fourth-order valence-electron chi connectivity index (χ4n) is 1.78. The molecular weight excluding hydrogens is 238 g/mol. The number of hydrogen-bond acceptors (Lipinski definition) is 5. The van der Waals surface area contributed by atoms with Gasteiger partial charge in [0.05, 0.1) is 35.4 Å². The topological polar surface area (TPSA) is 74.5 Å². The standard InChI is InChI=1S/C14H15N5/c1-9-4-14(19-11(3)13(9)5-15)18-8-12-7-16-10(2)6-17-12/h4,6-7H,8H2,1-3H3,(H,18,19). The Hall–Kier alpha value is -2.48. The molecule has 0 atom stereocenters. The van der Waals surface area contributed by atoms with Crippen LogP contribution in [0.1, 0.15) is 28.2 Å². The highest BCUT2D eigenvalue weighted by atomic mass is 15.0. The Morgan fingerprint density at radius 2 is 2.00 bits per heavy atom. The molecule has 2 aromatic rings. The molecule has 0 aromatic carbocycles. The zero-order valence-corrected chi connectivity index (χ0v) is 11.2. The van der Waals surface area contributed by atoms with E-state index in [-0.39, 0.29) is 0 Å². The molecule has 0 saturated carbocycles. The summed E-state index contributed by atoms with van der Waals surface area (Å²) in [5, 5.41) is 12.2. The summed E-state index contributed by atoms with van der Waals surface area (Å²) in [5.41, 5.74) is 4.05. The van der Waals surface area contributed by atoms with Crippen molar-refractivity contribution in [2.24, 2.45) is 0 Å². The Morgan fingerprint density at radius 3 is 2.58 bits per heavy atom. The number of hydrogen-bond donors (Lipinski definition) is 1. The first kappa shape index (κ1) is 13.0. The third-order valence-corrected chi connectivity index (χ3v) is 2.79. The molecule has 2 rings (SSSR count). The van der Waals surface area contributed by atoms with Gasteiger partial charge in [-0.2, -0.15) is 5.26 Å². The molecule has 0 aliphatic rings. The van der Waals surface area contributed by atoms with Crippen LogP contribution in [0.3, 0.4) is 0 Å². The number of nitriles is 1. The summed E-state index contributed by atoms with van der Waals surface area (Å²) in [6, 6.07) is 4.03. The zero-order valence-electron chi connectivity index (χ0n) is 11.2. The lowest BCUT2D eigenvalue weighted by Crippen LogP contribution is -2.06. The number of pyridine rings is 1. The summed E-state index contributed by atoms with van der Waals surface area (Å²) in [6.45, 7) is 6.21. The molecule has 2 heterocycles. The van der Waals surface area contributed by atoms with Gasteiger partial charge in [0.25, 0.3) is 0 Å². The van der Waals surface area contributed by atoms with Crippen LogP contribution in [0.2, 0.25) is 0 Å².